The monoisotopic (exact) mass is 457 g/mol. The van der Waals surface area contributed by atoms with Crippen molar-refractivity contribution in [1.82, 2.24) is 14.8 Å². The van der Waals surface area contributed by atoms with Gasteiger partial charge in [0, 0.05) is 49.5 Å². The van der Waals surface area contributed by atoms with Crippen molar-refractivity contribution in [3.63, 3.8) is 0 Å². The number of hydrogen-bond acceptors (Lipinski definition) is 6. The van der Waals surface area contributed by atoms with Gasteiger partial charge in [0.2, 0.25) is 5.75 Å². The van der Waals surface area contributed by atoms with Crippen LogP contribution in [0, 0.1) is 6.92 Å². The molecule has 3 rings (SSSR count). The van der Waals surface area contributed by atoms with E-state index in [1.807, 2.05) is 24.0 Å². The third-order valence-electron chi connectivity index (χ3n) is 6.20. The lowest BCUT2D eigenvalue weighted by molar-refractivity contribution is 0.0621. The standard InChI is InChI=1S/C25H35N3O5/c1-7-8-19-21(17(3)29)16(2)26-22(19)25(30)28-13-11-27(12-14-28)15-18-9-10-20(31-4)24(33-6)23(18)32-5/h9-10,26H,7-8,11-15H2,1-6H3. The number of H-pyrrole nitrogens is 1. The molecule has 0 bridgehead atoms. The minimum Gasteiger partial charge on any atom is -0.493 e. The number of amides is 1. The summed E-state index contributed by atoms with van der Waals surface area (Å²) in [5.41, 5.74) is 3.86. The van der Waals surface area contributed by atoms with E-state index in [-0.39, 0.29) is 11.7 Å². The molecule has 1 fully saturated rings. The molecule has 1 saturated heterocycles. The number of aryl methyl sites for hydroxylation is 1. The summed E-state index contributed by atoms with van der Waals surface area (Å²) in [4.78, 5) is 32.8. The first-order valence-corrected chi connectivity index (χ1v) is 11.4. The number of carbonyl (C=O) groups is 2. The molecule has 33 heavy (non-hydrogen) atoms. The first-order chi connectivity index (χ1) is 15.9. The summed E-state index contributed by atoms with van der Waals surface area (Å²) >= 11 is 0. The molecule has 0 atom stereocenters. The van der Waals surface area contributed by atoms with Gasteiger partial charge in [-0.25, -0.2) is 0 Å². The fourth-order valence-corrected chi connectivity index (χ4v) is 4.63. The van der Waals surface area contributed by atoms with Gasteiger partial charge < -0.3 is 24.1 Å². The number of nitrogens with one attached hydrogen (secondary N) is 1. The second kappa shape index (κ2) is 10.7. The molecule has 2 heterocycles. The van der Waals surface area contributed by atoms with Crippen molar-refractivity contribution < 1.29 is 23.8 Å². The van der Waals surface area contributed by atoms with E-state index in [9.17, 15) is 9.59 Å². The number of methoxy groups -OCH3 is 3. The van der Waals surface area contributed by atoms with Gasteiger partial charge in [-0.3, -0.25) is 14.5 Å². The van der Waals surface area contributed by atoms with E-state index in [0.717, 1.165) is 36.3 Å². The molecule has 1 N–H and O–H groups in total. The van der Waals surface area contributed by atoms with E-state index >= 15 is 0 Å². The maximum atomic E-state index is 13.3. The van der Waals surface area contributed by atoms with Crippen LogP contribution in [0.4, 0.5) is 0 Å². The normalized spacial score (nSPS) is 14.3. The van der Waals surface area contributed by atoms with E-state index in [1.54, 1.807) is 28.3 Å². The van der Waals surface area contributed by atoms with Crippen molar-refractivity contribution in [3.05, 3.63) is 40.2 Å². The number of aromatic amines is 1. The third-order valence-corrected chi connectivity index (χ3v) is 6.20. The number of aromatic nitrogens is 1. The molecule has 0 aliphatic carbocycles. The molecule has 1 aromatic carbocycles. The number of ether oxygens (including phenoxy) is 3. The van der Waals surface area contributed by atoms with Gasteiger partial charge in [0.25, 0.3) is 5.91 Å². The van der Waals surface area contributed by atoms with Crippen LogP contribution in [-0.4, -0.2) is 74.0 Å². The topological polar surface area (TPSA) is 84.1 Å². The van der Waals surface area contributed by atoms with E-state index in [2.05, 4.69) is 16.8 Å². The Morgan fingerprint density at radius 3 is 2.21 bits per heavy atom. The Labute approximate surface area is 195 Å². The van der Waals surface area contributed by atoms with Gasteiger partial charge in [-0.05, 0) is 31.9 Å². The molecule has 1 amide bonds. The molecular weight excluding hydrogens is 422 g/mol. The average molecular weight is 458 g/mol. The van der Waals surface area contributed by atoms with E-state index in [1.165, 1.54) is 0 Å². The van der Waals surface area contributed by atoms with Crippen LogP contribution in [0.25, 0.3) is 0 Å². The lowest BCUT2D eigenvalue weighted by Gasteiger charge is -2.35. The zero-order valence-corrected chi connectivity index (χ0v) is 20.5. The highest BCUT2D eigenvalue weighted by Crippen LogP contribution is 2.40. The quantitative estimate of drug-likeness (QED) is 0.581. The summed E-state index contributed by atoms with van der Waals surface area (Å²) in [5, 5.41) is 0. The summed E-state index contributed by atoms with van der Waals surface area (Å²) in [7, 11) is 4.82. The summed E-state index contributed by atoms with van der Waals surface area (Å²) in [6.45, 7) is 8.88. The molecule has 1 aromatic heterocycles. The molecule has 0 radical (unpaired) electrons. The molecule has 1 aliphatic rings. The van der Waals surface area contributed by atoms with Crippen molar-refractivity contribution in [3.8, 4) is 17.2 Å². The van der Waals surface area contributed by atoms with Gasteiger partial charge >= 0.3 is 0 Å². The van der Waals surface area contributed by atoms with Crippen molar-refractivity contribution in [1.29, 1.82) is 0 Å². The smallest absolute Gasteiger partial charge is 0.270 e. The van der Waals surface area contributed by atoms with Crippen LogP contribution in [0.2, 0.25) is 0 Å². The van der Waals surface area contributed by atoms with E-state index < -0.39 is 0 Å². The van der Waals surface area contributed by atoms with E-state index in [0.29, 0.717) is 54.6 Å². The molecule has 0 saturated carbocycles. The maximum Gasteiger partial charge on any atom is 0.270 e. The number of rotatable bonds is 9. The molecule has 8 nitrogen and oxygen atoms in total. The fourth-order valence-electron chi connectivity index (χ4n) is 4.63. The summed E-state index contributed by atoms with van der Waals surface area (Å²) < 4.78 is 16.5. The van der Waals surface area contributed by atoms with Gasteiger partial charge in [0.15, 0.2) is 17.3 Å². The first kappa shape index (κ1) is 24.6. The van der Waals surface area contributed by atoms with Crippen molar-refractivity contribution in [2.24, 2.45) is 0 Å². The minimum atomic E-state index is -0.0302. The Kier molecular flexibility index (Phi) is 8.02. The highest BCUT2D eigenvalue weighted by molar-refractivity contribution is 6.02. The molecule has 8 heteroatoms. The van der Waals surface area contributed by atoms with Crippen molar-refractivity contribution in [2.45, 2.75) is 40.2 Å². The Morgan fingerprint density at radius 2 is 1.67 bits per heavy atom. The predicted octanol–water partition coefficient (Wildman–Crippen LogP) is 3.46. The minimum absolute atomic E-state index is 0.0000590. The maximum absolute atomic E-state index is 13.3. The van der Waals surface area contributed by atoms with Gasteiger partial charge in [0.05, 0.1) is 21.3 Å². The summed E-state index contributed by atoms with van der Waals surface area (Å²) in [6.07, 6.45) is 1.58. The number of nitrogens with zero attached hydrogens (tertiary/aromatic N) is 2. The second-order valence-corrected chi connectivity index (χ2v) is 8.35. The van der Waals surface area contributed by atoms with Crippen molar-refractivity contribution in [2.75, 3.05) is 47.5 Å². The van der Waals surface area contributed by atoms with Gasteiger partial charge in [-0.1, -0.05) is 19.4 Å². The molecule has 1 aliphatic heterocycles. The van der Waals surface area contributed by atoms with Gasteiger partial charge in [0.1, 0.15) is 5.69 Å². The van der Waals surface area contributed by atoms with Crippen LogP contribution >= 0.6 is 0 Å². The highest BCUT2D eigenvalue weighted by Gasteiger charge is 2.28. The predicted molar refractivity (Wildman–Crippen MR) is 127 cm³/mol. The van der Waals surface area contributed by atoms with Crippen molar-refractivity contribution >= 4 is 11.7 Å². The average Bonchev–Trinajstić information content (AvgIpc) is 3.14. The Hall–Kier alpha value is -3.00. The summed E-state index contributed by atoms with van der Waals surface area (Å²) in [5.74, 6) is 1.84. The number of carbonyl (C=O) groups excluding carboxylic acids is 2. The SMILES string of the molecule is CCCc1c(C(=O)N2CCN(Cc3ccc(OC)c(OC)c3OC)CC2)[nH]c(C)c1C(C)=O. The number of Topliss-reactive ketones (excluding diaryl/α,β-unsaturated/α-hetero) is 1. The van der Waals surface area contributed by atoms with Crippen LogP contribution in [0.3, 0.4) is 0 Å². The van der Waals surface area contributed by atoms with Crippen LogP contribution in [-0.2, 0) is 13.0 Å². The first-order valence-electron chi connectivity index (χ1n) is 11.4. The Bertz CT molecular complexity index is 1010. The fraction of sp³-hybridized carbons (Fsp3) is 0.520. The Balaban J connectivity index is 1.72. The lowest BCUT2D eigenvalue weighted by Crippen LogP contribution is -2.48. The zero-order chi connectivity index (χ0) is 24.1. The molecule has 2 aromatic rings. The number of hydrogen-bond donors (Lipinski definition) is 1. The van der Waals surface area contributed by atoms with Crippen LogP contribution < -0.4 is 14.2 Å². The molecular formula is C25H35N3O5. The number of ketones is 1. The van der Waals surface area contributed by atoms with Gasteiger partial charge in [-0.15, -0.1) is 0 Å². The lowest BCUT2D eigenvalue weighted by atomic mass is 10.0. The molecule has 0 unspecified atom stereocenters. The van der Waals surface area contributed by atoms with Crippen LogP contribution in [0.15, 0.2) is 12.1 Å². The third kappa shape index (κ3) is 5.00. The second-order valence-electron chi connectivity index (χ2n) is 8.35. The Morgan fingerprint density at radius 1 is 1.00 bits per heavy atom. The summed E-state index contributed by atoms with van der Waals surface area (Å²) in [6, 6.07) is 3.87. The van der Waals surface area contributed by atoms with E-state index in [4.69, 9.17) is 14.2 Å². The molecule has 180 valence electrons. The number of benzene rings is 1. The van der Waals surface area contributed by atoms with Crippen LogP contribution in [0.1, 0.15) is 57.9 Å². The van der Waals surface area contributed by atoms with Crippen LogP contribution in [0.5, 0.6) is 17.2 Å². The zero-order valence-electron chi connectivity index (χ0n) is 20.5. The largest absolute Gasteiger partial charge is 0.493 e. The van der Waals surface area contributed by atoms with Gasteiger partial charge in [-0.2, -0.15) is 0 Å². The molecule has 0 spiro atoms. The highest BCUT2D eigenvalue weighted by atomic mass is 16.5. The number of piperazine rings is 1.